The molecule has 0 spiro atoms. The van der Waals surface area contributed by atoms with Crippen LogP contribution in [0.2, 0.25) is 0 Å². The highest BCUT2D eigenvalue weighted by Gasteiger charge is 2.27. The number of unbranched alkanes of at least 4 members (excludes halogenated alkanes) is 1. The predicted molar refractivity (Wildman–Crippen MR) is 64.7 cm³/mol. The molecule has 1 aromatic heterocycles. The Morgan fingerprint density at radius 3 is 3.12 bits per heavy atom. The molecule has 1 atom stereocenters. The standard InChI is InChI=1S/C13H18N2O2/c1-3-4-6-11-7-5-8-15(11)13(16)12-10(2)17-9-14-12/h5,7,9,11H,3-4,6,8H2,1-2H3/t11-/m0/s1. The minimum atomic E-state index is -0.0256. The van der Waals surface area contributed by atoms with Gasteiger partial charge in [-0.05, 0) is 13.3 Å². The van der Waals surface area contributed by atoms with Crippen LogP contribution >= 0.6 is 0 Å². The normalized spacial score (nSPS) is 18.9. The lowest BCUT2D eigenvalue weighted by molar-refractivity contribution is 0.0736. The lowest BCUT2D eigenvalue weighted by Crippen LogP contribution is -2.36. The van der Waals surface area contributed by atoms with Gasteiger partial charge in [0, 0.05) is 6.54 Å². The number of rotatable bonds is 4. The maximum Gasteiger partial charge on any atom is 0.276 e. The van der Waals surface area contributed by atoms with E-state index >= 15 is 0 Å². The molecule has 0 radical (unpaired) electrons. The topological polar surface area (TPSA) is 46.3 Å². The molecule has 1 amide bonds. The van der Waals surface area contributed by atoms with Gasteiger partial charge in [-0.3, -0.25) is 4.79 Å². The molecule has 17 heavy (non-hydrogen) atoms. The molecule has 0 bridgehead atoms. The predicted octanol–water partition coefficient (Wildman–Crippen LogP) is 2.55. The largest absolute Gasteiger partial charge is 0.448 e. The van der Waals surface area contributed by atoms with Crippen molar-refractivity contribution in [1.29, 1.82) is 0 Å². The van der Waals surface area contributed by atoms with Crippen molar-refractivity contribution in [3.05, 3.63) is 30.0 Å². The summed E-state index contributed by atoms with van der Waals surface area (Å²) in [6.45, 7) is 4.61. The molecule has 1 aliphatic rings. The summed E-state index contributed by atoms with van der Waals surface area (Å²) in [5.74, 6) is 0.568. The van der Waals surface area contributed by atoms with E-state index in [1.54, 1.807) is 6.92 Å². The Morgan fingerprint density at radius 1 is 1.65 bits per heavy atom. The van der Waals surface area contributed by atoms with Gasteiger partial charge in [0.15, 0.2) is 12.1 Å². The van der Waals surface area contributed by atoms with Crippen molar-refractivity contribution in [2.75, 3.05) is 6.54 Å². The molecule has 0 fully saturated rings. The molecule has 2 heterocycles. The third-order valence-corrected chi connectivity index (χ3v) is 3.12. The van der Waals surface area contributed by atoms with Crippen LogP contribution < -0.4 is 0 Å². The second-order valence-corrected chi connectivity index (χ2v) is 4.35. The first-order valence-electron chi connectivity index (χ1n) is 6.11. The molecule has 92 valence electrons. The Balaban J connectivity index is 2.07. The first kappa shape index (κ1) is 11.9. The molecule has 0 saturated carbocycles. The van der Waals surface area contributed by atoms with Crippen molar-refractivity contribution >= 4 is 5.91 Å². The number of hydrogen-bond donors (Lipinski definition) is 0. The summed E-state index contributed by atoms with van der Waals surface area (Å²) in [7, 11) is 0. The van der Waals surface area contributed by atoms with Crippen molar-refractivity contribution in [2.45, 2.75) is 39.2 Å². The highest BCUT2D eigenvalue weighted by atomic mass is 16.3. The fraction of sp³-hybridized carbons (Fsp3) is 0.538. The molecular weight excluding hydrogens is 216 g/mol. The molecule has 4 nitrogen and oxygen atoms in total. The zero-order valence-electron chi connectivity index (χ0n) is 10.3. The smallest absolute Gasteiger partial charge is 0.276 e. The summed E-state index contributed by atoms with van der Waals surface area (Å²) >= 11 is 0. The SMILES string of the molecule is CCCC[C@H]1C=CCN1C(=O)c1ncoc1C. The molecule has 0 unspecified atom stereocenters. The Hall–Kier alpha value is -1.58. The van der Waals surface area contributed by atoms with E-state index in [1.807, 2.05) is 11.0 Å². The second-order valence-electron chi connectivity index (χ2n) is 4.35. The lowest BCUT2D eigenvalue weighted by Gasteiger charge is -2.23. The van der Waals surface area contributed by atoms with Gasteiger partial charge in [0.2, 0.25) is 0 Å². The number of carbonyl (C=O) groups excluding carboxylic acids is 1. The monoisotopic (exact) mass is 234 g/mol. The third kappa shape index (κ3) is 2.40. The maximum atomic E-state index is 12.3. The second kappa shape index (κ2) is 5.17. The molecular formula is C13H18N2O2. The summed E-state index contributed by atoms with van der Waals surface area (Å²) in [5, 5.41) is 0. The van der Waals surface area contributed by atoms with E-state index in [2.05, 4.69) is 18.0 Å². The summed E-state index contributed by atoms with van der Waals surface area (Å²) < 4.78 is 5.08. The van der Waals surface area contributed by atoms with Crippen molar-refractivity contribution < 1.29 is 9.21 Å². The Labute approximate surface area is 101 Å². The van der Waals surface area contributed by atoms with Crippen LogP contribution in [0.25, 0.3) is 0 Å². The van der Waals surface area contributed by atoms with Crippen LogP contribution in [-0.2, 0) is 0 Å². The number of amides is 1. The van der Waals surface area contributed by atoms with E-state index in [0.717, 1.165) is 19.3 Å². The Morgan fingerprint density at radius 2 is 2.47 bits per heavy atom. The van der Waals surface area contributed by atoms with Crippen LogP contribution in [0.4, 0.5) is 0 Å². The lowest BCUT2D eigenvalue weighted by atomic mass is 10.1. The zero-order chi connectivity index (χ0) is 12.3. The minimum Gasteiger partial charge on any atom is -0.448 e. The quantitative estimate of drug-likeness (QED) is 0.752. The summed E-state index contributed by atoms with van der Waals surface area (Å²) in [6, 6.07) is 0.221. The Bertz CT molecular complexity index is 423. The number of carbonyl (C=O) groups is 1. The van der Waals surface area contributed by atoms with Gasteiger partial charge in [-0.15, -0.1) is 0 Å². The van der Waals surface area contributed by atoms with Crippen LogP contribution in [0.15, 0.2) is 23.0 Å². The highest BCUT2D eigenvalue weighted by Crippen LogP contribution is 2.19. The minimum absolute atomic E-state index is 0.0256. The van der Waals surface area contributed by atoms with E-state index in [1.165, 1.54) is 6.39 Å². The van der Waals surface area contributed by atoms with Crippen molar-refractivity contribution in [3.8, 4) is 0 Å². The highest BCUT2D eigenvalue weighted by molar-refractivity contribution is 5.93. The van der Waals surface area contributed by atoms with E-state index in [4.69, 9.17) is 4.42 Å². The molecule has 0 aromatic carbocycles. The van der Waals surface area contributed by atoms with Crippen LogP contribution in [0.1, 0.15) is 42.4 Å². The molecule has 4 heteroatoms. The van der Waals surface area contributed by atoms with E-state index in [9.17, 15) is 4.79 Å². The fourth-order valence-corrected chi connectivity index (χ4v) is 2.12. The average molecular weight is 234 g/mol. The van der Waals surface area contributed by atoms with Crippen LogP contribution in [0.5, 0.6) is 0 Å². The van der Waals surface area contributed by atoms with Gasteiger partial charge in [0.05, 0.1) is 6.04 Å². The van der Waals surface area contributed by atoms with Gasteiger partial charge < -0.3 is 9.32 Å². The van der Waals surface area contributed by atoms with E-state index in [-0.39, 0.29) is 11.9 Å². The van der Waals surface area contributed by atoms with Crippen molar-refractivity contribution in [3.63, 3.8) is 0 Å². The molecule has 2 rings (SSSR count). The van der Waals surface area contributed by atoms with Crippen molar-refractivity contribution in [1.82, 2.24) is 9.88 Å². The average Bonchev–Trinajstić information content (AvgIpc) is 2.94. The van der Waals surface area contributed by atoms with Gasteiger partial charge in [0.25, 0.3) is 5.91 Å². The van der Waals surface area contributed by atoms with Crippen molar-refractivity contribution in [2.24, 2.45) is 0 Å². The van der Waals surface area contributed by atoms with Gasteiger partial charge in [-0.1, -0.05) is 31.9 Å². The number of aromatic nitrogens is 1. The van der Waals surface area contributed by atoms with E-state index in [0.29, 0.717) is 18.0 Å². The van der Waals surface area contributed by atoms with E-state index < -0.39 is 0 Å². The zero-order valence-corrected chi connectivity index (χ0v) is 10.3. The number of hydrogen-bond acceptors (Lipinski definition) is 3. The van der Waals surface area contributed by atoms with Crippen LogP contribution in [-0.4, -0.2) is 28.4 Å². The molecule has 1 aromatic rings. The first-order valence-corrected chi connectivity index (χ1v) is 6.11. The summed E-state index contributed by atoms with van der Waals surface area (Å²) in [4.78, 5) is 18.1. The maximum absolute atomic E-state index is 12.3. The van der Waals surface area contributed by atoms with Crippen LogP contribution in [0.3, 0.4) is 0 Å². The molecule has 0 N–H and O–H groups in total. The van der Waals surface area contributed by atoms with Gasteiger partial charge in [0.1, 0.15) is 5.76 Å². The Kier molecular flexibility index (Phi) is 3.61. The third-order valence-electron chi connectivity index (χ3n) is 3.12. The van der Waals surface area contributed by atoms with Gasteiger partial charge in [-0.2, -0.15) is 0 Å². The van der Waals surface area contributed by atoms with Gasteiger partial charge in [-0.25, -0.2) is 4.98 Å². The summed E-state index contributed by atoms with van der Waals surface area (Å²) in [5.41, 5.74) is 0.440. The van der Waals surface area contributed by atoms with Gasteiger partial charge >= 0.3 is 0 Å². The summed E-state index contributed by atoms with van der Waals surface area (Å²) in [6.07, 6.45) is 8.80. The fourth-order valence-electron chi connectivity index (χ4n) is 2.12. The first-order chi connectivity index (χ1) is 8.24. The molecule has 1 aliphatic heterocycles. The number of aryl methyl sites for hydroxylation is 1. The van der Waals surface area contributed by atoms with Crippen LogP contribution in [0, 0.1) is 6.92 Å². The number of oxazole rings is 1. The molecule has 0 aliphatic carbocycles. The number of nitrogens with zero attached hydrogens (tertiary/aromatic N) is 2. The molecule has 0 saturated heterocycles.